The Kier molecular flexibility index (Phi) is 4.24. The summed E-state index contributed by atoms with van der Waals surface area (Å²) in [5.41, 5.74) is 1.92. The number of carbonyl (C=O) groups excluding carboxylic acids is 1. The van der Waals surface area contributed by atoms with Crippen molar-refractivity contribution >= 4 is 29.1 Å². The summed E-state index contributed by atoms with van der Waals surface area (Å²) < 4.78 is 0. The van der Waals surface area contributed by atoms with Crippen LogP contribution in [0.15, 0.2) is 36.7 Å². The van der Waals surface area contributed by atoms with E-state index in [0.29, 0.717) is 11.0 Å². The van der Waals surface area contributed by atoms with Crippen LogP contribution >= 0.6 is 11.6 Å². The van der Waals surface area contributed by atoms with Crippen LogP contribution < -0.4 is 10.6 Å². The van der Waals surface area contributed by atoms with Gasteiger partial charge < -0.3 is 10.6 Å². The van der Waals surface area contributed by atoms with Crippen LogP contribution in [0.2, 0.25) is 5.02 Å². The Hall–Kier alpha value is -2.14. The van der Waals surface area contributed by atoms with Crippen LogP contribution in [0.3, 0.4) is 0 Å². The summed E-state index contributed by atoms with van der Waals surface area (Å²) in [5, 5.41) is 6.64. The second kappa shape index (κ2) is 6.32. The van der Waals surface area contributed by atoms with E-state index >= 15 is 0 Å². The first-order valence-electron chi connectivity index (χ1n) is 7.27. The van der Waals surface area contributed by atoms with E-state index < -0.39 is 0 Å². The van der Waals surface area contributed by atoms with Gasteiger partial charge in [0.05, 0.1) is 23.5 Å². The maximum atomic E-state index is 11.7. The lowest BCUT2D eigenvalue weighted by molar-refractivity contribution is -0.117. The first-order chi connectivity index (χ1) is 10.6. The Morgan fingerprint density at radius 1 is 1.23 bits per heavy atom. The third kappa shape index (κ3) is 3.74. The van der Waals surface area contributed by atoms with Crippen molar-refractivity contribution < 1.29 is 4.79 Å². The third-order valence-corrected chi connectivity index (χ3v) is 3.79. The van der Waals surface area contributed by atoms with Gasteiger partial charge in [-0.1, -0.05) is 23.7 Å². The molecule has 2 N–H and O–H groups in total. The zero-order chi connectivity index (χ0) is 15.5. The summed E-state index contributed by atoms with van der Waals surface area (Å²) >= 11 is 5.76. The molecule has 0 spiro atoms. The van der Waals surface area contributed by atoms with Crippen molar-refractivity contribution in [3.8, 4) is 0 Å². The number of hydrogen-bond donors (Lipinski definition) is 2. The van der Waals surface area contributed by atoms with Gasteiger partial charge in [0.15, 0.2) is 0 Å². The highest BCUT2D eigenvalue weighted by Gasteiger charge is 2.29. The van der Waals surface area contributed by atoms with Gasteiger partial charge >= 0.3 is 0 Å². The molecule has 1 aromatic carbocycles. The number of benzene rings is 1. The third-order valence-electron chi connectivity index (χ3n) is 3.59. The van der Waals surface area contributed by atoms with Gasteiger partial charge in [-0.2, -0.15) is 0 Å². The van der Waals surface area contributed by atoms with Gasteiger partial charge in [0, 0.05) is 11.6 Å². The zero-order valence-electron chi connectivity index (χ0n) is 12.2. The number of amides is 1. The Labute approximate surface area is 134 Å². The van der Waals surface area contributed by atoms with E-state index in [1.807, 2.05) is 31.2 Å². The van der Waals surface area contributed by atoms with Crippen LogP contribution in [0.1, 0.15) is 31.4 Å². The second-order valence-electron chi connectivity index (χ2n) is 5.48. The molecule has 1 atom stereocenters. The predicted molar refractivity (Wildman–Crippen MR) is 86.9 cm³/mol. The second-order valence-corrected chi connectivity index (χ2v) is 5.91. The fourth-order valence-corrected chi connectivity index (χ4v) is 2.21. The van der Waals surface area contributed by atoms with Gasteiger partial charge in [-0.15, -0.1) is 0 Å². The molecular weight excluding hydrogens is 300 g/mol. The number of carbonyl (C=O) groups is 1. The SMILES string of the molecule is CC(Nc1ncc(Cl)cn1)c1ccc(NC(=O)C2CC2)cc1. The molecule has 2 aromatic rings. The smallest absolute Gasteiger partial charge is 0.227 e. The minimum absolute atomic E-state index is 0.0503. The lowest BCUT2D eigenvalue weighted by Gasteiger charge is -2.14. The van der Waals surface area contributed by atoms with E-state index in [2.05, 4.69) is 20.6 Å². The van der Waals surface area contributed by atoms with Gasteiger partial charge in [-0.25, -0.2) is 9.97 Å². The molecule has 1 amide bonds. The molecule has 1 aliphatic rings. The number of halogens is 1. The lowest BCUT2D eigenvalue weighted by Crippen LogP contribution is -2.13. The minimum atomic E-state index is 0.0503. The average Bonchev–Trinajstić information content (AvgIpc) is 3.35. The lowest BCUT2D eigenvalue weighted by atomic mass is 10.1. The Morgan fingerprint density at radius 2 is 1.86 bits per heavy atom. The van der Waals surface area contributed by atoms with Crippen LogP contribution in [0.5, 0.6) is 0 Å². The van der Waals surface area contributed by atoms with Crippen LogP contribution in [-0.4, -0.2) is 15.9 Å². The largest absolute Gasteiger partial charge is 0.348 e. The highest BCUT2D eigenvalue weighted by molar-refractivity contribution is 6.30. The fourth-order valence-electron chi connectivity index (χ4n) is 2.11. The van der Waals surface area contributed by atoms with E-state index in [1.165, 1.54) is 0 Å². The van der Waals surface area contributed by atoms with Gasteiger partial charge in [-0.3, -0.25) is 4.79 Å². The van der Waals surface area contributed by atoms with Crippen molar-refractivity contribution in [1.29, 1.82) is 0 Å². The summed E-state index contributed by atoms with van der Waals surface area (Å²) in [4.78, 5) is 19.9. The van der Waals surface area contributed by atoms with Gasteiger partial charge in [0.1, 0.15) is 0 Å². The van der Waals surface area contributed by atoms with Crippen molar-refractivity contribution in [3.05, 3.63) is 47.2 Å². The highest BCUT2D eigenvalue weighted by atomic mass is 35.5. The molecule has 1 aliphatic carbocycles. The minimum Gasteiger partial charge on any atom is -0.348 e. The number of rotatable bonds is 5. The molecule has 1 fully saturated rings. The van der Waals surface area contributed by atoms with E-state index in [-0.39, 0.29) is 17.9 Å². The van der Waals surface area contributed by atoms with E-state index in [4.69, 9.17) is 11.6 Å². The molecule has 0 aliphatic heterocycles. The molecule has 3 rings (SSSR count). The first-order valence-corrected chi connectivity index (χ1v) is 7.64. The maximum Gasteiger partial charge on any atom is 0.227 e. The number of aromatic nitrogens is 2. The van der Waals surface area contributed by atoms with E-state index in [1.54, 1.807) is 12.4 Å². The normalized spacial score (nSPS) is 15.2. The maximum absolute atomic E-state index is 11.7. The summed E-state index contributed by atoms with van der Waals surface area (Å²) in [6.07, 6.45) is 5.12. The number of nitrogens with zero attached hydrogens (tertiary/aromatic N) is 2. The van der Waals surface area contributed by atoms with Gasteiger partial charge in [0.2, 0.25) is 11.9 Å². The molecular formula is C16H17ClN4O. The molecule has 6 heteroatoms. The van der Waals surface area contributed by atoms with Crippen molar-refractivity contribution in [1.82, 2.24) is 9.97 Å². The van der Waals surface area contributed by atoms with Crippen molar-refractivity contribution in [3.63, 3.8) is 0 Å². The van der Waals surface area contributed by atoms with Gasteiger partial charge in [0.25, 0.3) is 0 Å². The van der Waals surface area contributed by atoms with Gasteiger partial charge in [-0.05, 0) is 37.5 Å². The molecule has 0 radical (unpaired) electrons. The van der Waals surface area contributed by atoms with Crippen LogP contribution in [-0.2, 0) is 4.79 Å². The summed E-state index contributed by atoms with van der Waals surface area (Å²) in [7, 11) is 0. The number of hydrogen-bond acceptors (Lipinski definition) is 4. The highest BCUT2D eigenvalue weighted by Crippen LogP contribution is 2.30. The zero-order valence-corrected chi connectivity index (χ0v) is 13.0. The first kappa shape index (κ1) is 14.8. The Balaban J connectivity index is 1.61. The molecule has 1 unspecified atom stereocenters. The topological polar surface area (TPSA) is 66.9 Å². The van der Waals surface area contributed by atoms with Crippen molar-refractivity contribution in [2.24, 2.45) is 5.92 Å². The molecule has 0 bridgehead atoms. The number of anilines is 2. The molecule has 114 valence electrons. The average molecular weight is 317 g/mol. The fraction of sp³-hybridized carbons (Fsp3) is 0.312. The molecule has 0 saturated heterocycles. The van der Waals surface area contributed by atoms with Crippen LogP contribution in [0.25, 0.3) is 0 Å². The van der Waals surface area contributed by atoms with E-state index in [0.717, 1.165) is 24.1 Å². The Morgan fingerprint density at radius 3 is 2.45 bits per heavy atom. The molecule has 1 aromatic heterocycles. The van der Waals surface area contributed by atoms with Crippen LogP contribution in [0.4, 0.5) is 11.6 Å². The Bertz CT molecular complexity index is 653. The van der Waals surface area contributed by atoms with E-state index in [9.17, 15) is 4.79 Å². The van der Waals surface area contributed by atoms with Crippen LogP contribution in [0, 0.1) is 5.92 Å². The molecule has 1 heterocycles. The monoisotopic (exact) mass is 316 g/mol. The quantitative estimate of drug-likeness (QED) is 0.883. The van der Waals surface area contributed by atoms with Crippen molar-refractivity contribution in [2.75, 3.05) is 10.6 Å². The molecule has 5 nitrogen and oxygen atoms in total. The molecule has 1 saturated carbocycles. The predicted octanol–water partition coefficient (Wildman–Crippen LogP) is 3.65. The summed E-state index contributed by atoms with van der Waals surface area (Å²) in [6, 6.07) is 7.84. The molecule has 22 heavy (non-hydrogen) atoms. The standard InChI is InChI=1S/C16H17ClN4O/c1-10(20-16-18-8-13(17)9-19-16)11-4-6-14(7-5-11)21-15(22)12-2-3-12/h4-10,12H,2-3H2,1H3,(H,21,22)(H,18,19,20). The summed E-state index contributed by atoms with van der Waals surface area (Å²) in [5.74, 6) is 0.860. The number of nitrogens with one attached hydrogen (secondary N) is 2. The van der Waals surface area contributed by atoms with Crippen molar-refractivity contribution in [2.45, 2.75) is 25.8 Å². The summed E-state index contributed by atoms with van der Waals surface area (Å²) in [6.45, 7) is 2.02.